The molecule has 0 heterocycles. The predicted molar refractivity (Wildman–Crippen MR) is 84.4 cm³/mol. The van der Waals surface area contributed by atoms with E-state index in [4.69, 9.17) is 0 Å². The van der Waals surface area contributed by atoms with E-state index in [9.17, 15) is 4.39 Å². The van der Waals surface area contributed by atoms with E-state index >= 15 is 0 Å². The van der Waals surface area contributed by atoms with Crippen LogP contribution in [0.25, 0.3) is 0 Å². The maximum atomic E-state index is 13.7. The summed E-state index contributed by atoms with van der Waals surface area (Å²) in [6.45, 7) is 11.9. The van der Waals surface area contributed by atoms with Crippen LogP contribution in [0.3, 0.4) is 0 Å². The average molecular weight is 276 g/mol. The first-order valence-corrected chi connectivity index (χ1v) is 6.99. The van der Waals surface area contributed by atoms with Crippen LogP contribution in [0.1, 0.15) is 23.6 Å². The molecular weight excluding hydrogens is 251 g/mol. The highest BCUT2D eigenvalue weighted by Gasteiger charge is 2.12. The summed E-state index contributed by atoms with van der Waals surface area (Å²) in [5, 5.41) is 3.26. The van der Waals surface area contributed by atoms with Crippen LogP contribution in [0.2, 0.25) is 0 Å². The van der Waals surface area contributed by atoms with Crippen molar-refractivity contribution in [3.63, 3.8) is 0 Å². The van der Waals surface area contributed by atoms with E-state index in [-0.39, 0.29) is 11.9 Å². The molecule has 0 aliphatic carbocycles. The van der Waals surface area contributed by atoms with Gasteiger partial charge in [-0.2, -0.15) is 0 Å². The molecule has 0 aliphatic heterocycles. The molecule has 3 heteroatoms. The molecule has 0 saturated carbocycles. The van der Waals surface area contributed by atoms with E-state index < -0.39 is 0 Å². The van der Waals surface area contributed by atoms with E-state index in [1.54, 1.807) is 13.0 Å². The van der Waals surface area contributed by atoms with Gasteiger partial charge in [0.15, 0.2) is 0 Å². The Balaban J connectivity index is 2.68. The van der Waals surface area contributed by atoms with Crippen molar-refractivity contribution in [1.82, 2.24) is 10.2 Å². The SMILES string of the molecule is C=CCN(CC=C)CCC(NC)c1ccc(C)c(F)c1. The Morgan fingerprint density at radius 1 is 1.30 bits per heavy atom. The minimum atomic E-state index is -0.142. The fourth-order valence-corrected chi connectivity index (χ4v) is 2.24. The summed E-state index contributed by atoms with van der Waals surface area (Å²) in [5.74, 6) is -0.142. The Kier molecular flexibility index (Phi) is 7.20. The molecule has 0 fully saturated rings. The normalized spacial score (nSPS) is 12.4. The topological polar surface area (TPSA) is 15.3 Å². The first kappa shape index (κ1) is 16.6. The largest absolute Gasteiger partial charge is 0.313 e. The van der Waals surface area contributed by atoms with Gasteiger partial charge in [-0.15, -0.1) is 13.2 Å². The smallest absolute Gasteiger partial charge is 0.126 e. The third-order valence-electron chi connectivity index (χ3n) is 3.46. The number of halogens is 1. The molecule has 1 rings (SSSR count). The fraction of sp³-hybridized carbons (Fsp3) is 0.412. The lowest BCUT2D eigenvalue weighted by molar-refractivity contribution is 0.311. The van der Waals surface area contributed by atoms with Crippen LogP contribution < -0.4 is 5.32 Å². The lowest BCUT2D eigenvalue weighted by Crippen LogP contribution is -2.29. The number of nitrogens with one attached hydrogen (secondary N) is 1. The minimum absolute atomic E-state index is 0.142. The summed E-state index contributed by atoms with van der Waals surface area (Å²) in [5.41, 5.74) is 1.68. The molecule has 0 saturated heterocycles. The Morgan fingerprint density at radius 3 is 2.45 bits per heavy atom. The van der Waals surface area contributed by atoms with Gasteiger partial charge in [-0.3, -0.25) is 4.90 Å². The molecule has 2 nitrogen and oxygen atoms in total. The first-order chi connectivity index (χ1) is 9.62. The van der Waals surface area contributed by atoms with E-state index in [1.165, 1.54) is 0 Å². The van der Waals surface area contributed by atoms with Gasteiger partial charge in [-0.05, 0) is 37.6 Å². The Hall–Kier alpha value is -1.45. The predicted octanol–water partition coefficient (Wildman–Crippen LogP) is 3.46. The van der Waals surface area contributed by atoms with Crippen LogP contribution in [-0.4, -0.2) is 31.6 Å². The minimum Gasteiger partial charge on any atom is -0.313 e. The molecule has 0 aliphatic rings. The molecule has 0 radical (unpaired) electrons. The number of hydrogen-bond acceptors (Lipinski definition) is 2. The van der Waals surface area contributed by atoms with Gasteiger partial charge in [0.1, 0.15) is 5.82 Å². The quantitative estimate of drug-likeness (QED) is 0.695. The first-order valence-electron chi connectivity index (χ1n) is 6.99. The van der Waals surface area contributed by atoms with Crippen molar-refractivity contribution in [3.8, 4) is 0 Å². The highest BCUT2D eigenvalue weighted by molar-refractivity contribution is 5.25. The van der Waals surface area contributed by atoms with Crippen LogP contribution in [0.4, 0.5) is 4.39 Å². The van der Waals surface area contributed by atoms with E-state index in [2.05, 4.69) is 23.4 Å². The second kappa shape index (κ2) is 8.67. The van der Waals surface area contributed by atoms with Crippen molar-refractivity contribution in [2.75, 3.05) is 26.7 Å². The van der Waals surface area contributed by atoms with Crippen molar-refractivity contribution in [3.05, 3.63) is 60.5 Å². The summed E-state index contributed by atoms with van der Waals surface area (Å²) in [7, 11) is 1.91. The molecule has 1 atom stereocenters. The summed E-state index contributed by atoms with van der Waals surface area (Å²) in [6, 6.07) is 5.61. The highest BCUT2D eigenvalue weighted by atomic mass is 19.1. The zero-order valence-electron chi connectivity index (χ0n) is 12.5. The highest BCUT2D eigenvalue weighted by Crippen LogP contribution is 2.19. The van der Waals surface area contributed by atoms with Gasteiger partial charge in [0.25, 0.3) is 0 Å². The molecule has 0 aromatic heterocycles. The molecule has 1 unspecified atom stereocenters. The second-order valence-corrected chi connectivity index (χ2v) is 4.98. The van der Waals surface area contributed by atoms with Gasteiger partial charge < -0.3 is 5.32 Å². The van der Waals surface area contributed by atoms with Gasteiger partial charge in [-0.1, -0.05) is 24.3 Å². The number of aryl methyl sites for hydroxylation is 1. The lowest BCUT2D eigenvalue weighted by Gasteiger charge is -2.23. The van der Waals surface area contributed by atoms with E-state index in [0.29, 0.717) is 5.56 Å². The summed E-state index contributed by atoms with van der Waals surface area (Å²) < 4.78 is 13.7. The summed E-state index contributed by atoms with van der Waals surface area (Å²) >= 11 is 0. The number of hydrogen-bond donors (Lipinski definition) is 1. The maximum Gasteiger partial charge on any atom is 0.126 e. The fourth-order valence-electron chi connectivity index (χ4n) is 2.24. The summed E-state index contributed by atoms with van der Waals surface area (Å²) in [4.78, 5) is 2.26. The van der Waals surface area contributed by atoms with Crippen LogP contribution in [0, 0.1) is 12.7 Å². The zero-order chi connectivity index (χ0) is 15.0. The molecule has 20 heavy (non-hydrogen) atoms. The maximum absolute atomic E-state index is 13.7. The van der Waals surface area contributed by atoms with Crippen molar-refractivity contribution >= 4 is 0 Å². The van der Waals surface area contributed by atoms with Gasteiger partial charge in [0.2, 0.25) is 0 Å². The third kappa shape index (κ3) is 4.91. The average Bonchev–Trinajstić information content (AvgIpc) is 2.43. The van der Waals surface area contributed by atoms with Crippen molar-refractivity contribution < 1.29 is 4.39 Å². The van der Waals surface area contributed by atoms with Crippen LogP contribution in [0.15, 0.2) is 43.5 Å². The molecule has 110 valence electrons. The zero-order valence-corrected chi connectivity index (χ0v) is 12.5. The van der Waals surface area contributed by atoms with Gasteiger partial charge in [0, 0.05) is 25.7 Å². The second-order valence-electron chi connectivity index (χ2n) is 4.98. The third-order valence-corrected chi connectivity index (χ3v) is 3.46. The van der Waals surface area contributed by atoms with Crippen molar-refractivity contribution in [2.24, 2.45) is 0 Å². The lowest BCUT2D eigenvalue weighted by atomic mass is 10.0. The van der Waals surface area contributed by atoms with Gasteiger partial charge in [0.05, 0.1) is 0 Å². The molecule has 0 spiro atoms. The molecule has 0 bridgehead atoms. The number of benzene rings is 1. The van der Waals surface area contributed by atoms with Gasteiger partial charge in [-0.25, -0.2) is 4.39 Å². The van der Waals surface area contributed by atoms with Crippen LogP contribution in [0.5, 0.6) is 0 Å². The molecule has 0 amide bonds. The van der Waals surface area contributed by atoms with Crippen LogP contribution in [-0.2, 0) is 0 Å². The molecule has 1 aromatic carbocycles. The number of rotatable bonds is 9. The Morgan fingerprint density at radius 2 is 1.95 bits per heavy atom. The van der Waals surface area contributed by atoms with Crippen molar-refractivity contribution in [2.45, 2.75) is 19.4 Å². The Bertz CT molecular complexity index is 433. The molecular formula is C17H25FN2. The summed E-state index contributed by atoms with van der Waals surface area (Å²) in [6.07, 6.45) is 4.70. The molecule has 1 N–H and O–H groups in total. The van der Waals surface area contributed by atoms with Gasteiger partial charge >= 0.3 is 0 Å². The number of nitrogens with zero attached hydrogens (tertiary/aromatic N) is 1. The molecule has 1 aromatic rings. The standard InChI is InChI=1S/C17H25FN2/c1-5-10-20(11-6-2)12-9-17(19-4)15-8-7-14(3)16(18)13-15/h5-8,13,17,19H,1-2,9-12H2,3-4H3. The van der Waals surface area contributed by atoms with E-state index in [0.717, 1.165) is 31.6 Å². The van der Waals surface area contributed by atoms with Crippen molar-refractivity contribution in [1.29, 1.82) is 0 Å². The van der Waals surface area contributed by atoms with E-state index in [1.807, 2.05) is 31.3 Å². The Labute approximate surface area is 122 Å². The van der Waals surface area contributed by atoms with Crippen LogP contribution >= 0.6 is 0 Å². The monoisotopic (exact) mass is 276 g/mol.